The molecule has 0 aliphatic carbocycles. The maximum atomic E-state index is 11.0. The second-order valence-corrected chi connectivity index (χ2v) is 4.17. The van der Waals surface area contributed by atoms with Crippen molar-refractivity contribution < 1.29 is 14.6 Å². The summed E-state index contributed by atoms with van der Waals surface area (Å²) in [5.74, 6) is 0.407. The van der Waals surface area contributed by atoms with Gasteiger partial charge in [-0.25, -0.2) is 9.78 Å². The Labute approximate surface area is 111 Å². The van der Waals surface area contributed by atoms with Gasteiger partial charge in [0.05, 0.1) is 6.61 Å². The van der Waals surface area contributed by atoms with Gasteiger partial charge in [0.1, 0.15) is 17.1 Å². The Morgan fingerprint density at radius 2 is 2.21 bits per heavy atom. The minimum absolute atomic E-state index is 0.196. The molecule has 0 saturated heterocycles. The molecule has 1 aromatic carbocycles. The molecule has 0 aliphatic heterocycles. The van der Waals surface area contributed by atoms with Crippen LogP contribution in [-0.2, 0) is 6.54 Å². The summed E-state index contributed by atoms with van der Waals surface area (Å²) in [7, 11) is 0. The number of aromatic nitrogens is 2. The number of ether oxygens (including phenoxy) is 1. The third-order valence-electron chi connectivity index (χ3n) is 2.84. The number of aryl methyl sites for hydroxylation is 2. The van der Waals surface area contributed by atoms with Crippen LogP contribution >= 0.6 is 0 Å². The SMILES string of the molecule is Cc1nccn1CCCOc1ccccc1C(=O)O. The highest BCUT2D eigenvalue weighted by molar-refractivity contribution is 5.90. The first-order valence-electron chi connectivity index (χ1n) is 6.11. The molecule has 0 atom stereocenters. The number of carboxylic acids is 1. The average Bonchev–Trinajstić information content (AvgIpc) is 2.80. The van der Waals surface area contributed by atoms with Crippen LogP contribution in [0.1, 0.15) is 22.6 Å². The quantitative estimate of drug-likeness (QED) is 0.810. The first-order valence-corrected chi connectivity index (χ1v) is 6.11. The first-order chi connectivity index (χ1) is 9.18. The van der Waals surface area contributed by atoms with E-state index in [2.05, 4.69) is 4.98 Å². The van der Waals surface area contributed by atoms with Crippen LogP contribution in [0.25, 0.3) is 0 Å². The molecule has 100 valence electrons. The van der Waals surface area contributed by atoms with Crippen molar-refractivity contribution in [1.82, 2.24) is 9.55 Å². The lowest BCUT2D eigenvalue weighted by Gasteiger charge is -2.09. The van der Waals surface area contributed by atoms with Gasteiger partial charge in [-0.15, -0.1) is 0 Å². The lowest BCUT2D eigenvalue weighted by molar-refractivity contribution is 0.0692. The molecular formula is C14H16N2O3. The second-order valence-electron chi connectivity index (χ2n) is 4.17. The fourth-order valence-corrected chi connectivity index (χ4v) is 1.83. The minimum Gasteiger partial charge on any atom is -0.493 e. The fourth-order valence-electron chi connectivity index (χ4n) is 1.83. The van der Waals surface area contributed by atoms with E-state index in [1.807, 2.05) is 17.7 Å². The van der Waals surface area contributed by atoms with Crippen LogP contribution in [-0.4, -0.2) is 27.2 Å². The van der Waals surface area contributed by atoms with Gasteiger partial charge in [-0.05, 0) is 25.5 Å². The van der Waals surface area contributed by atoms with Gasteiger partial charge in [0.2, 0.25) is 0 Å². The maximum Gasteiger partial charge on any atom is 0.339 e. The number of hydrogen-bond acceptors (Lipinski definition) is 3. The highest BCUT2D eigenvalue weighted by Crippen LogP contribution is 2.17. The Morgan fingerprint density at radius 1 is 1.42 bits per heavy atom. The molecule has 0 aliphatic rings. The van der Waals surface area contributed by atoms with Crippen molar-refractivity contribution in [3.8, 4) is 5.75 Å². The molecule has 0 amide bonds. The van der Waals surface area contributed by atoms with Crippen molar-refractivity contribution in [2.75, 3.05) is 6.61 Å². The Balaban J connectivity index is 1.86. The minimum atomic E-state index is -0.971. The predicted octanol–water partition coefficient (Wildman–Crippen LogP) is 2.36. The normalized spacial score (nSPS) is 10.4. The van der Waals surface area contributed by atoms with E-state index in [1.54, 1.807) is 24.4 Å². The van der Waals surface area contributed by atoms with Gasteiger partial charge >= 0.3 is 5.97 Å². The summed E-state index contributed by atoms with van der Waals surface area (Å²) in [6, 6.07) is 6.66. The van der Waals surface area contributed by atoms with E-state index in [4.69, 9.17) is 9.84 Å². The van der Waals surface area contributed by atoms with Crippen LogP contribution in [0.4, 0.5) is 0 Å². The largest absolute Gasteiger partial charge is 0.493 e. The number of imidazole rings is 1. The van der Waals surface area contributed by atoms with E-state index in [1.165, 1.54) is 6.07 Å². The van der Waals surface area contributed by atoms with Crippen LogP contribution in [0.2, 0.25) is 0 Å². The Hall–Kier alpha value is -2.30. The molecule has 5 heteroatoms. The molecule has 0 unspecified atom stereocenters. The van der Waals surface area contributed by atoms with Gasteiger partial charge in [-0.2, -0.15) is 0 Å². The number of aromatic carboxylic acids is 1. The zero-order chi connectivity index (χ0) is 13.7. The molecule has 2 rings (SSSR count). The summed E-state index contributed by atoms with van der Waals surface area (Å²) in [5, 5.41) is 9.02. The molecule has 1 aromatic heterocycles. The van der Waals surface area contributed by atoms with Crippen LogP contribution < -0.4 is 4.74 Å². The molecule has 5 nitrogen and oxygen atoms in total. The summed E-state index contributed by atoms with van der Waals surface area (Å²) in [4.78, 5) is 15.1. The highest BCUT2D eigenvalue weighted by Gasteiger charge is 2.09. The number of benzene rings is 1. The van der Waals surface area contributed by atoms with Crippen molar-refractivity contribution in [2.24, 2.45) is 0 Å². The van der Waals surface area contributed by atoms with Gasteiger partial charge in [0.15, 0.2) is 0 Å². The third kappa shape index (κ3) is 3.34. The van der Waals surface area contributed by atoms with Gasteiger partial charge in [0.25, 0.3) is 0 Å². The van der Waals surface area contributed by atoms with Crippen LogP contribution in [0.15, 0.2) is 36.7 Å². The van der Waals surface area contributed by atoms with Gasteiger partial charge in [-0.1, -0.05) is 12.1 Å². The molecule has 0 spiro atoms. The van der Waals surface area contributed by atoms with Gasteiger partial charge in [-0.3, -0.25) is 0 Å². The summed E-state index contributed by atoms with van der Waals surface area (Å²) >= 11 is 0. The lowest BCUT2D eigenvalue weighted by Crippen LogP contribution is -2.07. The van der Waals surface area contributed by atoms with E-state index in [-0.39, 0.29) is 5.56 Å². The Bertz CT molecular complexity index is 563. The molecule has 0 saturated carbocycles. The van der Waals surface area contributed by atoms with Crippen molar-refractivity contribution in [2.45, 2.75) is 19.9 Å². The van der Waals surface area contributed by atoms with E-state index in [0.29, 0.717) is 12.4 Å². The molecule has 0 radical (unpaired) electrons. The average molecular weight is 260 g/mol. The van der Waals surface area contributed by atoms with E-state index in [9.17, 15) is 4.79 Å². The monoisotopic (exact) mass is 260 g/mol. The van der Waals surface area contributed by atoms with Crippen molar-refractivity contribution >= 4 is 5.97 Å². The van der Waals surface area contributed by atoms with Gasteiger partial charge in [0, 0.05) is 18.9 Å². The molecular weight excluding hydrogens is 244 g/mol. The van der Waals surface area contributed by atoms with Crippen LogP contribution in [0.3, 0.4) is 0 Å². The number of carbonyl (C=O) groups is 1. The fraction of sp³-hybridized carbons (Fsp3) is 0.286. The van der Waals surface area contributed by atoms with Crippen LogP contribution in [0.5, 0.6) is 5.75 Å². The number of nitrogens with zero attached hydrogens (tertiary/aromatic N) is 2. The second kappa shape index (κ2) is 6.04. The lowest BCUT2D eigenvalue weighted by atomic mass is 10.2. The summed E-state index contributed by atoms with van der Waals surface area (Å²) in [5.41, 5.74) is 0.196. The standard InChI is InChI=1S/C14H16N2O3/c1-11-15-7-9-16(11)8-4-10-19-13-6-3-2-5-12(13)14(17)18/h2-3,5-7,9H,4,8,10H2,1H3,(H,17,18). The molecule has 2 aromatic rings. The molecule has 0 fully saturated rings. The summed E-state index contributed by atoms with van der Waals surface area (Å²) < 4.78 is 7.56. The van der Waals surface area contributed by atoms with Gasteiger partial charge < -0.3 is 14.4 Å². The van der Waals surface area contributed by atoms with E-state index < -0.39 is 5.97 Å². The van der Waals surface area contributed by atoms with E-state index in [0.717, 1.165) is 18.8 Å². The van der Waals surface area contributed by atoms with Crippen molar-refractivity contribution in [1.29, 1.82) is 0 Å². The Morgan fingerprint density at radius 3 is 2.89 bits per heavy atom. The molecule has 19 heavy (non-hydrogen) atoms. The summed E-state index contributed by atoms with van der Waals surface area (Å²) in [6.45, 7) is 3.23. The number of hydrogen-bond donors (Lipinski definition) is 1. The molecule has 0 bridgehead atoms. The highest BCUT2D eigenvalue weighted by atomic mass is 16.5. The predicted molar refractivity (Wildman–Crippen MR) is 70.5 cm³/mol. The Kier molecular flexibility index (Phi) is 4.18. The summed E-state index contributed by atoms with van der Waals surface area (Å²) in [6.07, 6.45) is 4.47. The molecule has 1 heterocycles. The van der Waals surface area contributed by atoms with Crippen molar-refractivity contribution in [3.63, 3.8) is 0 Å². The zero-order valence-electron chi connectivity index (χ0n) is 10.7. The first kappa shape index (κ1) is 13.1. The van der Waals surface area contributed by atoms with Crippen molar-refractivity contribution in [3.05, 3.63) is 48.0 Å². The smallest absolute Gasteiger partial charge is 0.339 e. The third-order valence-corrected chi connectivity index (χ3v) is 2.84. The number of para-hydroxylation sites is 1. The van der Waals surface area contributed by atoms with Crippen LogP contribution in [0, 0.1) is 6.92 Å². The number of carboxylic acid groups (broad SMARTS) is 1. The molecule has 1 N–H and O–H groups in total. The zero-order valence-corrected chi connectivity index (χ0v) is 10.7. The topological polar surface area (TPSA) is 64.4 Å². The van der Waals surface area contributed by atoms with E-state index >= 15 is 0 Å². The number of rotatable bonds is 6. The maximum absolute atomic E-state index is 11.0.